The van der Waals surface area contributed by atoms with Crippen molar-refractivity contribution in [2.45, 2.75) is 25.4 Å². The fraction of sp³-hybridized carbons (Fsp3) is 0.129. The Labute approximate surface area is 232 Å². The molecule has 6 rings (SSSR count). The number of ketones is 1. The van der Waals surface area contributed by atoms with E-state index in [4.69, 9.17) is 4.98 Å². The molecule has 0 atom stereocenters. The van der Waals surface area contributed by atoms with Crippen molar-refractivity contribution in [3.05, 3.63) is 111 Å². The molecule has 0 saturated carbocycles. The van der Waals surface area contributed by atoms with Crippen LogP contribution in [0, 0.1) is 12.7 Å². The van der Waals surface area contributed by atoms with Crippen LogP contribution >= 0.6 is 23.1 Å². The number of thioether (sulfide) groups is 1. The van der Waals surface area contributed by atoms with Gasteiger partial charge in [-0.05, 0) is 48.7 Å². The van der Waals surface area contributed by atoms with Gasteiger partial charge in [0.2, 0.25) is 0 Å². The van der Waals surface area contributed by atoms with Gasteiger partial charge < -0.3 is 4.98 Å². The van der Waals surface area contributed by atoms with Crippen LogP contribution in [0.25, 0.3) is 37.9 Å². The van der Waals surface area contributed by atoms with Gasteiger partial charge in [0.1, 0.15) is 10.6 Å². The second-order valence-electron chi connectivity index (χ2n) is 9.20. The molecule has 0 amide bonds. The van der Waals surface area contributed by atoms with Crippen molar-refractivity contribution in [3.8, 4) is 16.8 Å². The average molecular weight is 554 g/mol. The molecule has 8 heteroatoms. The van der Waals surface area contributed by atoms with Crippen LogP contribution in [0.5, 0.6) is 0 Å². The zero-order chi connectivity index (χ0) is 27.1. The van der Waals surface area contributed by atoms with Crippen molar-refractivity contribution < 1.29 is 9.18 Å². The van der Waals surface area contributed by atoms with Crippen LogP contribution in [0.1, 0.15) is 27.7 Å². The lowest BCUT2D eigenvalue weighted by atomic mass is 10.0. The van der Waals surface area contributed by atoms with E-state index in [9.17, 15) is 14.0 Å². The van der Waals surface area contributed by atoms with Crippen molar-refractivity contribution in [2.75, 3.05) is 5.75 Å². The molecule has 0 aliphatic heterocycles. The maximum Gasteiger partial charge on any atom is 0.268 e. The van der Waals surface area contributed by atoms with E-state index >= 15 is 0 Å². The second kappa shape index (κ2) is 10.3. The molecule has 0 radical (unpaired) electrons. The monoisotopic (exact) mass is 553 g/mol. The van der Waals surface area contributed by atoms with E-state index in [1.165, 1.54) is 35.2 Å². The Kier molecular flexibility index (Phi) is 6.66. The molecule has 39 heavy (non-hydrogen) atoms. The zero-order valence-electron chi connectivity index (χ0n) is 21.3. The summed E-state index contributed by atoms with van der Waals surface area (Å²) in [4.78, 5) is 37.1. The molecular weight excluding hydrogens is 529 g/mol. The average Bonchev–Trinajstić information content (AvgIpc) is 3.53. The van der Waals surface area contributed by atoms with Gasteiger partial charge in [-0.2, -0.15) is 0 Å². The number of para-hydroxylation sites is 2. The van der Waals surface area contributed by atoms with E-state index in [2.05, 4.69) is 18.0 Å². The molecule has 6 aromatic rings. The molecule has 0 spiro atoms. The van der Waals surface area contributed by atoms with Crippen LogP contribution in [0.15, 0.2) is 88.9 Å². The minimum absolute atomic E-state index is 0.0391. The van der Waals surface area contributed by atoms with Crippen molar-refractivity contribution in [1.29, 1.82) is 0 Å². The summed E-state index contributed by atoms with van der Waals surface area (Å²) in [6.07, 6.45) is 2.64. The van der Waals surface area contributed by atoms with Crippen LogP contribution in [0.4, 0.5) is 4.39 Å². The van der Waals surface area contributed by atoms with E-state index in [-0.39, 0.29) is 22.9 Å². The predicted molar refractivity (Wildman–Crippen MR) is 158 cm³/mol. The maximum atomic E-state index is 14.1. The van der Waals surface area contributed by atoms with E-state index in [0.29, 0.717) is 26.6 Å². The molecule has 0 saturated heterocycles. The molecule has 0 unspecified atom stereocenters. The number of benzene rings is 3. The number of carbonyl (C=O) groups is 1. The lowest BCUT2D eigenvalue weighted by Gasteiger charge is -2.12. The molecular formula is C31H24FN3O2S2. The fourth-order valence-corrected chi connectivity index (χ4v) is 6.94. The zero-order valence-corrected chi connectivity index (χ0v) is 23.0. The van der Waals surface area contributed by atoms with Crippen LogP contribution in [0.2, 0.25) is 0 Å². The molecule has 194 valence electrons. The number of H-pyrrole nitrogens is 1. The fourth-order valence-electron chi connectivity index (χ4n) is 4.96. The third kappa shape index (κ3) is 4.49. The Bertz CT molecular complexity index is 1900. The summed E-state index contributed by atoms with van der Waals surface area (Å²) in [7, 11) is 0. The number of fused-ring (bicyclic) bond motifs is 2. The molecule has 3 aromatic heterocycles. The minimum atomic E-state index is -0.333. The molecule has 0 aliphatic carbocycles. The first-order chi connectivity index (χ1) is 19.0. The molecule has 3 aromatic carbocycles. The number of carbonyl (C=O) groups excluding carboxylic acids is 1. The van der Waals surface area contributed by atoms with Crippen molar-refractivity contribution >= 4 is 50.0 Å². The highest BCUT2D eigenvalue weighted by Crippen LogP contribution is 2.37. The number of nitrogens with zero attached hydrogens (tertiary/aromatic N) is 2. The molecule has 3 heterocycles. The van der Waals surface area contributed by atoms with Crippen molar-refractivity contribution in [2.24, 2.45) is 0 Å². The predicted octanol–water partition coefficient (Wildman–Crippen LogP) is 7.58. The van der Waals surface area contributed by atoms with Gasteiger partial charge in [-0.3, -0.25) is 14.2 Å². The van der Waals surface area contributed by atoms with Crippen molar-refractivity contribution in [1.82, 2.24) is 14.5 Å². The SMILES string of the molecule is CCc1cccc2c(C(=O)CSc3nc4sc(C)c(-c5ccc(F)cc5)c4c(=O)n3-c3ccccc3)c[nH]c12. The number of hydrogen-bond donors (Lipinski definition) is 1. The highest BCUT2D eigenvalue weighted by Gasteiger charge is 2.22. The molecule has 0 fully saturated rings. The van der Waals surface area contributed by atoms with Gasteiger partial charge in [-0.1, -0.05) is 67.2 Å². The highest BCUT2D eigenvalue weighted by atomic mass is 32.2. The molecule has 5 nitrogen and oxygen atoms in total. The topological polar surface area (TPSA) is 67.8 Å². The summed E-state index contributed by atoms with van der Waals surface area (Å²) in [5.41, 5.74) is 4.75. The van der Waals surface area contributed by atoms with E-state index < -0.39 is 0 Å². The highest BCUT2D eigenvalue weighted by molar-refractivity contribution is 7.99. The molecule has 1 N–H and O–H groups in total. The van der Waals surface area contributed by atoms with Gasteiger partial charge in [0.15, 0.2) is 10.9 Å². The first-order valence-electron chi connectivity index (χ1n) is 12.6. The number of nitrogens with one attached hydrogen (secondary N) is 1. The van der Waals surface area contributed by atoms with Crippen LogP contribution in [0.3, 0.4) is 0 Å². The number of aromatic amines is 1. The normalized spacial score (nSPS) is 11.5. The molecule has 0 aliphatic rings. The van der Waals surface area contributed by atoms with Gasteiger partial charge >= 0.3 is 0 Å². The number of thiophene rings is 1. The number of hydrogen-bond acceptors (Lipinski definition) is 5. The van der Waals surface area contributed by atoms with E-state index in [1.807, 2.05) is 49.4 Å². The summed E-state index contributed by atoms with van der Waals surface area (Å²) in [5.74, 6) is -0.244. The van der Waals surface area contributed by atoms with Crippen LogP contribution < -0.4 is 5.56 Å². The Morgan fingerprint density at radius 3 is 2.56 bits per heavy atom. The Morgan fingerprint density at radius 1 is 1.05 bits per heavy atom. The van der Waals surface area contributed by atoms with Crippen LogP contribution in [-0.4, -0.2) is 26.1 Å². The summed E-state index contributed by atoms with van der Waals surface area (Å²) in [6.45, 7) is 4.03. The summed E-state index contributed by atoms with van der Waals surface area (Å²) in [5, 5.41) is 1.85. The summed E-state index contributed by atoms with van der Waals surface area (Å²) in [6, 6.07) is 21.5. The Morgan fingerprint density at radius 2 is 1.82 bits per heavy atom. The summed E-state index contributed by atoms with van der Waals surface area (Å²) >= 11 is 2.68. The maximum absolute atomic E-state index is 14.1. The quantitative estimate of drug-likeness (QED) is 0.126. The third-order valence-corrected chi connectivity index (χ3v) is 8.77. The Hall–Kier alpha value is -4.01. The number of rotatable bonds is 7. The van der Waals surface area contributed by atoms with Gasteiger partial charge in [-0.15, -0.1) is 11.3 Å². The number of halogens is 1. The molecule has 0 bridgehead atoms. The standard InChI is InChI=1S/C31H24FN3O2S2/c1-3-19-8-7-11-23-24(16-33-28(19)23)25(36)17-38-31-34-29-27(30(37)35(31)22-9-5-4-6-10-22)26(18(2)39-29)20-12-14-21(32)15-13-20/h4-16,33H,3,17H2,1-2H3. The first kappa shape index (κ1) is 25.3. The van der Waals surface area contributed by atoms with E-state index in [1.54, 1.807) is 22.9 Å². The number of aromatic nitrogens is 3. The van der Waals surface area contributed by atoms with Gasteiger partial charge in [0, 0.05) is 33.1 Å². The second-order valence-corrected chi connectivity index (χ2v) is 11.3. The smallest absolute Gasteiger partial charge is 0.268 e. The lowest BCUT2D eigenvalue weighted by molar-refractivity contribution is 0.102. The van der Waals surface area contributed by atoms with Crippen LogP contribution in [-0.2, 0) is 6.42 Å². The van der Waals surface area contributed by atoms with Gasteiger partial charge in [-0.25, -0.2) is 9.37 Å². The largest absolute Gasteiger partial charge is 0.360 e. The van der Waals surface area contributed by atoms with E-state index in [0.717, 1.165) is 38.9 Å². The summed E-state index contributed by atoms with van der Waals surface area (Å²) < 4.78 is 15.2. The minimum Gasteiger partial charge on any atom is -0.360 e. The van der Waals surface area contributed by atoms with Crippen molar-refractivity contribution in [3.63, 3.8) is 0 Å². The first-order valence-corrected chi connectivity index (χ1v) is 14.4. The van der Waals surface area contributed by atoms with Gasteiger partial charge in [0.05, 0.1) is 16.8 Å². The number of aryl methyl sites for hydroxylation is 2. The number of Topliss-reactive ketones (excluding diaryl/α,β-unsaturated/α-hetero) is 1. The third-order valence-electron chi connectivity index (χ3n) is 6.83. The Balaban J connectivity index is 1.44. The van der Waals surface area contributed by atoms with Gasteiger partial charge in [0.25, 0.3) is 5.56 Å². The lowest BCUT2D eigenvalue weighted by Crippen LogP contribution is -2.22.